The quantitative estimate of drug-likeness (QED) is 0.549. The van der Waals surface area contributed by atoms with Crippen molar-refractivity contribution in [2.45, 2.75) is 51.2 Å². The van der Waals surface area contributed by atoms with Crippen molar-refractivity contribution in [3.8, 4) is 0 Å². The highest BCUT2D eigenvalue weighted by atomic mass is 16.5. The van der Waals surface area contributed by atoms with E-state index in [1.807, 2.05) is 0 Å². The molecule has 3 atom stereocenters. The zero-order valence-electron chi connectivity index (χ0n) is 9.75. The van der Waals surface area contributed by atoms with E-state index >= 15 is 0 Å². The van der Waals surface area contributed by atoms with Crippen LogP contribution in [0.25, 0.3) is 0 Å². The molecule has 3 aliphatic rings. The number of rotatable bonds is 0. The molecule has 1 nitrogen and oxygen atoms in total. The topological polar surface area (TPSA) is 9.23 Å². The fourth-order valence-electron chi connectivity index (χ4n) is 3.56. The first-order valence-corrected chi connectivity index (χ1v) is 6.13. The lowest BCUT2D eigenvalue weighted by Crippen LogP contribution is -2.51. The van der Waals surface area contributed by atoms with E-state index in [4.69, 9.17) is 4.74 Å². The fourth-order valence-corrected chi connectivity index (χ4v) is 3.56. The highest BCUT2D eigenvalue weighted by Crippen LogP contribution is 2.56. The van der Waals surface area contributed by atoms with E-state index in [0.29, 0.717) is 5.92 Å². The molecule has 1 saturated heterocycles. The molecule has 82 valence electrons. The molecular weight excluding hydrogens is 184 g/mol. The summed E-state index contributed by atoms with van der Waals surface area (Å²) in [5, 5.41) is 0. The summed E-state index contributed by atoms with van der Waals surface area (Å²) in [4.78, 5) is 0. The minimum atomic E-state index is 0.0372. The number of ether oxygens (including phenoxy) is 1. The molecule has 2 aliphatic heterocycles. The van der Waals surface area contributed by atoms with Gasteiger partial charge in [-0.1, -0.05) is 51.0 Å². The van der Waals surface area contributed by atoms with Crippen LogP contribution in [0.2, 0.25) is 0 Å². The molecule has 2 fully saturated rings. The monoisotopic (exact) mass is 204 g/mol. The van der Waals surface area contributed by atoms with Gasteiger partial charge in [-0.05, 0) is 12.8 Å². The molecule has 2 heterocycles. The largest absolute Gasteiger partial charge is 0.362 e. The maximum absolute atomic E-state index is 6.30. The van der Waals surface area contributed by atoms with E-state index < -0.39 is 0 Å². The first kappa shape index (κ1) is 9.65. The van der Waals surface area contributed by atoms with Crippen LogP contribution in [-0.2, 0) is 4.74 Å². The Bertz CT molecular complexity index is 339. The van der Waals surface area contributed by atoms with Crippen molar-refractivity contribution in [2.24, 2.45) is 11.3 Å². The molecule has 0 aromatic carbocycles. The maximum Gasteiger partial charge on any atom is 0.0936 e. The van der Waals surface area contributed by atoms with E-state index in [9.17, 15) is 0 Å². The molecule has 0 aromatic rings. The molecule has 1 spiro atoms. The molecule has 1 heteroatoms. The summed E-state index contributed by atoms with van der Waals surface area (Å²) in [7, 11) is 0. The van der Waals surface area contributed by atoms with Crippen molar-refractivity contribution in [1.82, 2.24) is 0 Å². The van der Waals surface area contributed by atoms with Crippen LogP contribution in [0.15, 0.2) is 24.3 Å². The Morgan fingerprint density at radius 3 is 3.00 bits per heavy atom. The highest BCUT2D eigenvalue weighted by molar-refractivity contribution is 5.34. The van der Waals surface area contributed by atoms with Gasteiger partial charge in [0.15, 0.2) is 0 Å². The summed E-state index contributed by atoms with van der Waals surface area (Å²) in [6.45, 7) is 8.91. The highest BCUT2D eigenvalue weighted by Gasteiger charge is 2.55. The molecule has 0 unspecified atom stereocenters. The standard InChI is InChI=1S/C14H20O/c1-10-11-6-4-5-8-14(11)9-7-12(15-14)13(10,2)3/h7,9,11-12H,1,4-6,8H2,2-3H3/t11-,12+,14+/m0/s1. The summed E-state index contributed by atoms with van der Waals surface area (Å²) >= 11 is 0. The smallest absolute Gasteiger partial charge is 0.0936 e. The minimum absolute atomic E-state index is 0.0372. The third kappa shape index (κ3) is 1.08. The Labute approximate surface area is 92.2 Å². The Kier molecular flexibility index (Phi) is 1.78. The lowest BCUT2D eigenvalue weighted by molar-refractivity contribution is -0.134. The van der Waals surface area contributed by atoms with Crippen molar-refractivity contribution in [3.05, 3.63) is 24.3 Å². The van der Waals surface area contributed by atoms with Crippen molar-refractivity contribution in [3.63, 3.8) is 0 Å². The van der Waals surface area contributed by atoms with E-state index in [0.717, 1.165) is 0 Å². The zero-order chi connectivity index (χ0) is 10.7. The Hall–Kier alpha value is -0.560. The van der Waals surface area contributed by atoms with Gasteiger partial charge in [0, 0.05) is 11.3 Å². The Morgan fingerprint density at radius 1 is 1.40 bits per heavy atom. The van der Waals surface area contributed by atoms with Crippen molar-refractivity contribution < 1.29 is 4.74 Å². The summed E-state index contributed by atoms with van der Waals surface area (Å²) in [6, 6.07) is 0. The van der Waals surface area contributed by atoms with Gasteiger partial charge in [0.05, 0.1) is 11.7 Å². The third-order valence-corrected chi connectivity index (χ3v) is 4.76. The summed E-state index contributed by atoms with van der Waals surface area (Å²) in [5.74, 6) is 0.566. The van der Waals surface area contributed by atoms with E-state index in [1.165, 1.54) is 31.3 Å². The Balaban J connectivity index is 2.05. The number of fused-ring (bicyclic) bond motifs is 1. The second kappa shape index (κ2) is 2.76. The minimum Gasteiger partial charge on any atom is -0.362 e. The molecule has 0 radical (unpaired) electrons. The first-order chi connectivity index (χ1) is 7.06. The van der Waals surface area contributed by atoms with Crippen molar-refractivity contribution in [2.75, 3.05) is 0 Å². The zero-order valence-corrected chi connectivity index (χ0v) is 9.75. The molecule has 15 heavy (non-hydrogen) atoms. The van der Waals surface area contributed by atoms with E-state index in [1.54, 1.807) is 0 Å². The van der Waals surface area contributed by atoms with Crippen LogP contribution in [0, 0.1) is 11.3 Å². The fraction of sp³-hybridized carbons (Fsp3) is 0.714. The van der Waals surface area contributed by atoms with E-state index in [-0.39, 0.29) is 17.1 Å². The first-order valence-electron chi connectivity index (χ1n) is 6.13. The van der Waals surface area contributed by atoms with Gasteiger partial charge in [0.2, 0.25) is 0 Å². The van der Waals surface area contributed by atoms with E-state index in [2.05, 4.69) is 32.6 Å². The van der Waals surface area contributed by atoms with Gasteiger partial charge in [-0.15, -0.1) is 0 Å². The number of hydrogen-bond acceptors (Lipinski definition) is 1. The van der Waals surface area contributed by atoms with Gasteiger partial charge in [0.25, 0.3) is 0 Å². The summed E-state index contributed by atoms with van der Waals surface area (Å²) in [5.41, 5.74) is 1.58. The summed E-state index contributed by atoms with van der Waals surface area (Å²) < 4.78 is 6.30. The van der Waals surface area contributed by atoms with Gasteiger partial charge in [-0.25, -0.2) is 0 Å². The second-order valence-electron chi connectivity index (χ2n) is 5.90. The van der Waals surface area contributed by atoms with Crippen LogP contribution in [0.4, 0.5) is 0 Å². The van der Waals surface area contributed by atoms with Gasteiger partial charge in [0.1, 0.15) is 0 Å². The summed E-state index contributed by atoms with van der Waals surface area (Å²) in [6.07, 6.45) is 9.97. The van der Waals surface area contributed by atoms with Crippen molar-refractivity contribution >= 4 is 0 Å². The maximum atomic E-state index is 6.30. The molecule has 0 aromatic heterocycles. The van der Waals surface area contributed by atoms with Gasteiger partial charge < -0.3 is 4.74 Å². The molecular formula is C14H20O. The molecule has 3 rings (SSSR count). The van der Waals surface area contributed by atoms with Crippen LogP contribution < -0.4 is 0 Å². The molecule has 1 saturated carbocycles. The van der Waals surface area contributed by atoms with Crippen molar-refractivity contribution in [1.29, 1.82) is 0 Å². The molecule has 0 N–H and O–H groups in total. The van der Waals surface area contributed by atoms with Crippen LogP contribution >= 0.6 is 0 Å². The second-order valence-corrected chi connectivity index (χ2v) is 5.90. The average Bonchev–Trinajstić information content (AvgIpc) is 2.60. The third-order valence-electron chi connectivity index (χ3n) is 4.76. The van der Waals surface area contributed by atoms with Gasteiger partial charge in [-0.3, -0.25) is 0 Å². The normalized spacial score (nSPS) is 46.7. The SMILES string of the molecule is C=C1[C@@H]2CCCC[C@@]23C=C[C@@H](O3)C1(C)C. The Morgan fingerprint density at radius 2 is 2.20 bits per heavy atom. The predicted octanol–water partition coefficient (Wildman–Crippen LogP) is 3.47. The predicted molar refractivity (Wildman–Crippen MR) is 61.6 cm³/mol. The average molecular weight is 204 g/mol. The number of hydrogen-bond donors (Lipinski definition) is 0. The lowest BCUT2D eigenvalue weighted by Gasteiger charge is -2.52. The van der Waals surface area contributed by atoms with Crippen LogP contribution in [0.1, 0.15) is 39.5 Å². The lowest BCUT2D eigenvalue weighted by atomic mass is 9.64. The van der Waals surface area contributed by atoms with Crippen LogP contribution in [-0.4, -0.2) is 11.7 Å². The molecule has 2 bridgehead atoms. The van der Waals surface area contributed by atoms with Crippen LogP contribution in [0.5, 0.6) is 0 Å². The van der Waals surface area contributed by atoms with Gasteiger partial charge in [-0.2, -0.15) is 0 Å². The van der Waals surface area contributed by atoms with Crippen LogP contribution in [0.3, 0.4) is 0 Å². The molecule has 1 aliphatic carbocycles. The molecule has 0 amide bonds. The van der Waals surface area contributed by atoms with Gasteiger partial charge >= 0.3 is 0 Å².